The summed E-state index contributed by atoms with van der Waals surface area (Å²) in [6, 6.07) is 8.17. The van der Waals surface area contributed by atoms with Crippen LogP contribution in [0.3, 0.4) is 0 Å². The van der Waals surface area contributed by atoms with Gasteiger partial charge in [-0.25, -0.2) is 0 Å². The number of alkyl halides is 3. The summed E-state index contributed by atoms with van der Waals surface area (Å²) in [5, 5.41) is 3.97. The number of nitrogens with zero attached hydrogens (tertiary/aromatic N) is 2. The highest BCUT2D eigenvalue weighted by Gasteiger charge is 2.35. The Kier molecular flexibility index (Phi) is 4.80. The monoisotopic (exact) mass is 482 g/mol. The first-order chi connectivity index (χ1) is 20.2. The Balaban J connectivity index is 1.58. The molecule has 6 heteroatoms. The van der Waals surface area contributed by atoms with Gasteiger partial charge in [-0.05, 0) is 91.4 Å². The molecular formula is C28H35F3N2O. The zero-order chi connectivity index (χ0) is 32.9. The molecule has 0 amide bonds. The largest absolute Gasteiger partial charge is 0.416 e. The number of likely N-dealkylation sites (tertiary alicyclic amines) is 1. The Morgan fingerprint density at radius 3 is 2.68 bits per heavy atom. The zero-order valence-electron chi connectivity index (χ0n) is 29.0. The number of hydrogen-bond acceptors (Lipinski definition) is 3. The summed E-state index contributed by atoms with van der Waals surface area (Å²) in [5.74, 6) is -0.143. The van der Waals surface area contributed by atoms with Crippen LogP contribution in [0.1, 0.15) is 105 Å². The van der Waals surface area contributed by atoms with Gasteiger partial charge in [-0.3, -0.25) is 4.90 Å². The summed E-state index contributed by atoms with van der Waals surface area (Å²) in [7, 11) is 0. The molecule has 0 atom stereocenters. The van der Waals surface area contributed by atoms with Crippen LogP contribution < -0.4 is 0 Å². The number of halogens is 3. The maximum atomic E-state index is 13.9. The molecule has 34 heavy (non-hydrogen) atoms. The molecule has 1 heterocycles. The second kappa shape index (κ2) is 10.9. The van der Waals surface area contributed by atoms with E-state index in [9.17, 15) is 13.2 Å². The average molecular weight is 483 g/mol. The summed E-state index contributed by atoms with van der Waals surface area (Å²) < 4.78 is 122. The van der Waals surface area contributed by atoms with Gasteiger partial charge >= 0.3 is 6.18 Å². The molecule has 1 saturated heterocycles. The lowest BCUT2D eigenvalue weighted by Gasteiger charge is -2.31. The SMILES string of the molecule is [2H]C1C([2H])([2H])N(Cc2ccc(/C(C)=N/OCc3ccc(C4CCCCC4)c(C(F)(F)F)c3)cc2C([2H])([2H])C([2H])([2H])[2H])C1([2H])[2H]. The molecular weight excluding hydrogens is 437 g/mol. The fraction of sp³-hybridized carbons (Fsp3) is 0.536. The van der Waals surface area contributed by atoms with E-state index in [1.807, 2.05) is 0 Å². The van der Waals surface area contributed by atoms with Crippen LogP contribution in [-0.2, 0) is 30.5 Å². The Morgan fingerprint density at radius 1 is 1.15 bits per heavy atom. The Bertz CT molecular complexity index is 1370. The highest BCUT2D eigenvalue weighted by molar-refractivity contribution is 5.98. The molecule has 0 spiro atoms. The quantitative estimate of drug-likeness (QED) is 0.288. The van der Waals surface area contributed by atoms with Crippen molar-refractivity contribution in [1.82, 2.24) is 4.90 Å². The third-order valence-corrected chi connectivity index (χ3v) is 6.33. The van der Waals surface area contributed by atoms with Crippen molar-refractivity contribution < 1.29 is 31.7 Å². The van der Waals surface area contributed by atoms with Crippen LogP contribution in [0.15, 0.2) is 41.6 Å². The molecule has 2 fully saturated rings. The van der Waals surface area contributed by atoms with Crippen molar-refractivity contribution in [3.63, 3.8) is 0 Å². The molecule has 0 unspecified atom stereocenters. The van der Waals surface area contributed by atoms with Gasteiger partial charge in [0.05, 0.1) is 11.3 Å². The lowest BCUT2D eigenvalue weighted by atomic mass is 9.81. The molecule has 4 rings (SSSR count). The summed E-state index contributed by atoms with van der Waals surface area (Å²) in [6.07, 6.45) is -4.92. The van der Waals surface area contributed by atoms with Gasteiger partial charge in [0, 0.05) is 20.3 Å². The predicted molar refractivity (Wildman–Crippen MR) is 130 cm³/mol. The molecule has 0 bridgehead atoms. The number of benzene rings is 2. The van der Waals surface area contributed by atoms with Crippen molar-refractivity contribution in [2.24, 2.45) is 5.16 Å². The molecule has 1 aliphatic carbocycles. The van der Waals surface area contributed by atoms with Gasteiger partial charge in [0.25, 0.3) is 0 Å². The topological polar surface area (TPSA) is 24.8 Å². The Morgan fingerprint density at radius 2 is 1.94 bits per heavy atom. The van der Waals surface area contributed by atoms with Gasteiger partial charge in [-0.15, -0.1) is 0 Å². The van der Waals surface area contributed by atoms with Gasteiger partial charge in [0.15, 0.2) is 0 Å². The lowest BCUT2D eigenvalue weighted by Crippen LogP contribution is -2.36. The van der Waals surface area contributed by atoms with Crippen molar-refractivity contribution in [1.29, 1.82) is 0 Å². The first-order valence-electron chi connectivity index (χ1n) is 16.5. The van der Waals surface area contributed by atoms with Crippen molar-refractivity contribution in [2.75, 3.05) is 13.0 Å². The Labute approximate surface area is 215 Å². The van der Waals surface area contributed by atoms with E-state index < -0.39 is 50.9 Å². The van der Waals surface area contributed by atoms with Crippen molar-refractivity contribution in [3.8, 4) is 0 Å². The molecule has 1 saturated carbocycles. The molecule has 2 aliphatic rings. The fourth-order valence-electron chi connectivity index (χ4n) is 4.44. The first-order valence-corrected chi connectivity index (χ1v) is 11.4. The molecule has 0 radical (unpaired) electrons. The van der Waals surface area contributed by atoms with E-state index in [1.165, 1.54) is 31.2 Å². The molecule has 2 aromatic rings. The minimum absolute atomic E-state index is 0.0148. The van der Waals surface area contributed by atoms with Crippen molar-refractivity contribution in [3.05, 3.63) is 69.8 Å². The maximum Gasteiger partial charge on any atom is 0.416 e. The fourth-order valence-corrected chi connectivity index (χ4v) is 4.44. The second-order valence-corrected chi connectivity index (χ2v) is 8.69. The Hall–Kier alpha value is -2.34. The van der Waals surface area contributed by atoms with Crippen LogP contribution in [0.25, 0.3) is 0 Å². The van der Waals surface area contributed by atoms with Gasteiger partial charge < -0.3 is 4.84 Å². The first kappa shape index (κ1) is 14.9. The molecule has 184 valence electrons. The van der Waals surface area contributed by atoms with E-state index in [4.69, 9.17) is 18.5 Å². The number of aryl methyl sites for hydroxylation is 1. The van der Waals surface area contributed by atoms with Crippen molar-refractivity contribution in [2.45, 2.75) is 83.9 Å². The zero-order valence-corrected chi connectivity index (χ0v) is 19.0. The second-order valence-electron chi connectivity index (χ2n) is 8.69. The number of oxime groups is 1. The van der Waals surface area contributed by atoms with E-state index in [1.54, 1.807) is 6.07 Å². The normalized spacial score (nSPS) is 26.8. The smallest absolute Gasteiger partial charge is 0.391 e. The van der Waals surface area contributed by atoms with Crippen LogP contribution in [0, 0.1) is 0 Å². The number of hydrogen-bond donors (Lipinski definition) is 0. The van der Waals surface area contributed by atoms with Crippen LogP contribution in [0.2, 0.25) is 0 Å². The lowest BCUT2D eigenvalue weighted by molar-refractivity contribution is -0.138. The summed E-state index contributed by atoms with van der Waals surface area (Å²) in [4.78, 5) is 6.10. The van der Waals surface area contributed by atoms with Gasteiger partial charge in [0.1, 0.15) is 6.61 Å². The van der Waals surface area contributed by atoms with E-state index in [0.29, 0.717) is 12.8 Å². The van der Waals surface area contributed by atoms with Gasteiger partial charge in [-0.2, -0.15) is 13.2 Å². The van der Waals surface area contributed by atoms with E-state index in [0.717, 1.165) is 30.2 Å². The molecule has 2 aromatic carbocycles. The molecule has 1 aliphatic heterocycles. The summed E-state index contributed by atoms with van der Waals surface area (Å²) in [6.45, 7) is -7.14. The summed E-state index contributed by atoms with van der Waals surface area (Å²) >= 11 is 0. The standard InChI is InChI=1S/C28H35F3N2O/c1-3-22-17-24(11-12-25(22)18-33-14-7-15-33)20(2)32-34-19-21-10-13-26(23-8-5-4-6-9-23)27(16-21)28(29,30)31/h10-13,16-17,23H,3-9,14-15,18-19H2,1-2H3/b32-20+/i1D3,3D2,7D,14D2,15D2. The summed E-state index contributed by atoms with van der Waals surface area (Å²) in [5.41, 5.74) is -0.0450. The molecule has 3 nitrogen and oxygen atoms in total. The molecule has 0 N–H and O–H groups in total. The highest BCUT2D eigenvalue weighted by Crippen LogP contribution is 2.41. The predicted octanol–water partition coefficient (Wildman–Crippen LogP) is 7.46. The van der Waals surface area contributed by atoms with Gasteiger partial charge in [0.2, 0.25) is 0 Å². The average Bonchev–Trinajstić information content (AvgIpc) is 2.94. The van der Waals surface area contributed by atoms with Gasteiger partial charge in [-0.1, -0.05) is 55.5 Å². The van der Waals surface area contributed by atoms with E-state index >= 15 is 0 Å². The molecule has 0 aromatic heterocycles. The van der Waals surface area contributed by atoms with E-state index in [2.05, 4.69) is 5.16 Å². The third-order valence-electron chi connectivity index (χ3n) is 6.33. The number of rotatable bonds is 8. The third kappa shape index (κ3) is 6.01. The van der Waals surface area contributed by atoms with Crippen molar-refractivity contribution >= 4 is 5.71 Å². The van der Waals surface area contributed by atoms with Crippen LogP contribution in [-0.4, -0.2) is 23.6 Å². The maximum absolute atomic E-state index is 13.9. The highest BCUT2D eigenvalue weighted by atomic mass is 19.4. The van der Waals surface area contributed by atoms with E-state index in [-0.39, 0.29) is 46.1 Å². The van der Waals surface area contributed by atoms with Crippen LogP contribution in [0.5, 0.6) is 0 Å². The van der Waals surface area contributed by atoms with Crippen LogP contribution in [0.4, 0.5) is 13.2 Å². The van der Waals surface area contributed by atoms with Crippen LogP contribution >= 0.6 is 0 Å². The minimum atomic E-state index is -4.53. The minimum Gasteiger partial charge on any atom is -0.391 e.